The fourth-order valence-electron chi connectivity index (χ4n) is 3.93. The number of ether oxygens (including phenoxy) is 1. The van der Waals surface area contributed by atoms with E-state index in [4.69, 9.17) is 4.74 Å². The van der Waals surface area contributed by atoms with E-state index in [0.29, 0.717) is 12.0 Å². The van der Waals surface area contributed by atoms with Gasteiger partial charge in [-0.1, -0.05) is 49.4 Å². The highest BCUT2D eigenvalue weighted by atomic mass is 16.5. The molecule has 2 aliphatic rings. The van der Waals surface area contributed by atoms with Crippen LogP contribution in [0.4, 0.5) is 5.69 Å². The van der Waals surface area contributed by atoms with Crippen LogP contribution in [-0.4, -0.2) is 6.61 Å². The third-order valence-electron chi connectivity index (χ3n) is 5.10. The highest BCUT2D eigenvalue weighted by Crippen LogP contribution is 2.49. The van der Waals surface area contributed by atoms with Gasteiger partial charge >= 0.3 is 0 Å². The van der Waals surface area contributed by atoms with E-state index in [-0.39, 0.29) is 6.10 Å². The zero-order chi connectivity index (χ0) is 14.9. The van der Waals surface area contributed by atoms with Crippen molar-refractivity contribution in [2.45, 2.75) is 38.3 Å². The summed E-state index contributed by atoms with van der Waals surface area (Å²) in [4.78, 5) is 0. The van der Waals surface area contributed by atoms with E-state index in [2.05, 4.69) is 60.8 Å². The van der Waals surface area contributed by atoms with Crippen LogP contribution >= 0.6 is 0 Å². The minimum Gasteiger partial charge on any atom is -0.378 e. The molecule has 0 aliphatic carbocycles. The smallest absolute Gasteiger partial charge is 0.0895 e. The van der Waals surface area contributed by atoms with E-state index in [1.54, 1.807) is 0 Å². The molecule has 1 fully saturated rings. The lowest BCUT2D eigenvalue weighted by atomic mass is 9.77. The van der Waals surface area contributed by atoms with Crippen LogP contribution < -0.4 is 5.32 Å². The summed E-state index contributed by atoms with van der Waals surface area (Å²) in [5.41, 5.74) is 5.37. The molecule has 2 nitrogen and oxygen atoms in total. The fourth-order valence-corrected chi connectivity index (χ4v) is 3.93. The molecular formula is C20H23NO. The molecule has 1 N–H and O–H groups in total. The van der Waals surface area contributed by atoms with Crippen LogP contribution in [0, 0.1) is 5.92 Å². The first-order valence-electron chi connectivity index (χ1n) is 8.42. The number of aryl methyl sites for hydroxylation is 1. The van der Waals surface area contributed by atoms with Crippen molar-refractivity contribution in [3.8, 4) is 0 Å². The predicted molar refractivity (Wildman–Crippen MR) is 90.0 cm³/mol. The van der Waals surface area contributed by atoms with Crippen molar-refractivity contribution in [3.63, 3.8) is 0 Å². The minimum atomic E-state index is 0.238. The van der Waals surface area contributed by atoms with Gasteiger partial charge in [0.1, 0.15) is 0 Å². The molecule has 2 aromatic rings. The minimum absolute atomic E-state index is 0.238. The lowest BCUT2D eigenvalue weighted by Gasteiger charge is -2.43. The maximum Gasteiger partial charge on any atom is 0.0895 e. The molecule has 2 aromatic carbocycles. The SMILES string of the molecule is CCc1ccc2c(c1)C1OCCCC1C(c1ccccc1)N2. The highest BCUT2D eigenvalue weighted by molar-refractivity contribution is 5.58. The maximum atomic E-state index is 6.22. The number of anilines is 1. The Kier molecular flexibility index (Phi) is 3.63. The monoisotopic (exact) mass is 293 g/mol. The Morgan fingerprint density at radius 3 is 2.82 bits per heavy atom. The van der Waals surface area contributed by atoms with Gasteiger partial charge in [0.25, 0.3) is 0 Å². The molecular weight excluding hydrogens is 270 g/mol. The molecule has 22 heavy (non-hydrogen) atoms. The van der Waals surface area contributed by atoms with Gasteiger partial charge in [0, 0.05) is 23.8 Å². The Hall–Kier alpha value is -1.80. The van der Waals surface area contributed by atoms with Gasteiger partial charge in [0.05, 0.1) is 12.1 Å². The normalized spacial score (nSPS) is 26.7. The summed E-state index contributed by atoms with van der Waals surface area (Å²) in [6, 6.07) is 18.0. The van der Waals surface area contributed by atoms with Crippen molar-refractivity contribution in [3.05, 3.63) is 65.2 Å². The lowest BCUT2D eigenvalue weighted by molar-refractivity contribution is -0.0381. The predicted octanol–water partition coefficient (Wildman–Crippen LogP) is 4.88. The topological polar surface area (TPSA) is 21.3 Å². The van der Waals surface area contributed by atoms with Crippen molar-refractivity contribution >= 4 is 5.69 Å². The third kappa shape index (κ3) is 2.32. The summed E-state index contributed by atoms with van der Waals surface area (Å²) in [7, 11) is 0. The van der Waals surface area contributed by atoms with Gasteiger partial charge in [-0.3, -0.25) is 0 Å². The molecule has 0 saturated carbocycles. The van der Waals surface area contributed by atoms with Crippen LogP contribution in [0.2, 0.25) is 0 Å². The maximum absolute atomic E-state index is 6.22. The molecule has 0 bridgehead atoms. The van der Waals surface area contributed by atoms with E-state index in [1.165, 1.54) is 28.8 Å². The van der Waals surface area contributed by atoms with Crippen LogP contribution in [0.5, 0.6) is 0 Å². The first-order valence-corrected chi connectivity index (χ1v) is 8.42. The molecule has 0 radical (unpaired) electrons. The van der Waals surface area contributed by atoms with Gasteiger partial charge in [-0.15, -0.1) is 0 Å². The van der Waals surface area contributed by atoms with Crippen LogP contribution in [0.15, 0.2) is 48.5 Å². The zero-order valence-electron chi connectivity index (χ0n) is 13.1. The Labute approximate surface area is 132 Å². The molecule has 1 saturated heterocycles. The molecule has 0 amide bonds. The number of benzene rings is 2. The van der Waals surface area contributed by atoms with Gasteiger partial charge in [0.2, 0.25) is 0 Å². The molecule has 2 heteroatoms. The second-order valence-corrected chi connectivity index (χ2v) is 6.41. The van der Waals surface area contributed by atoms with Gasteiger partial charge in [0.15, 0.2) is 0 Å². The van der Waals surface area contributed by atoms with E-state index in [1.807, 2.05) is 0 Å². The van der Waals surface area contributed by atoms with Crippen molar-refractivity contribution in [2.75, 3.05) is 11.9 Å². The number of hydrogen-bond donors (Lipinski definition) is 1. The van der Waals surface area contributed by atoms with Crippen LogP contribution in [-0.2, 0) is 11.2 Å². The third-order valence-corrected chi connectivity index (χ3v) is 5.10. The van der Waals surface area contributed by atoms with Crippen molar-refractivity contribution in [1.29, 1.82) is 0 Å². The van der Waals surface area contributed by atoms with Crippen LogP contribution in [0.1, 0.15) is 48.6 Å². The molecule has 114 valence electrons. The summed E-state index contributed by atoms with van der Waals surface area (Å²) < 4.78 is 6.22. The zero-order valence-corrected chi connectivity index (χ0v) is 13.1. The molecule has 2 aliphatic heterocycles. The highest BCUT2D eigenvalue weighted by Gasteiger charge is 2.39. The molecule has 4 rings (SSSR count). The van der Waals surface area contributed by atoms with Gasteiger partial charge in [-0.2, -0.15) is 0 Å². The van der Waals surface area contributed by atoms with Crippen LogP contribution in [0.25, 0.3) is 0 Å². The second kappa shape index (κ2) is 5.77. The number of hydrogen-bond acceptors (Lipinski definition) is 2. The van der Waals surface area contributed by atoms with E-state index < -0.39 is 0 Å². The Balaban J connectivity index is 1.77. The summed E-state index contributed by atoms with van der Waals surface area (Å²) in [6.45, 7) is 3.10. The molecule has 0 aromatic heterocycles. The van der Waals surface area contributed by atoms with Gasteiger partial charge in [-0.25, -0.2) is 0 Å². The van der Waals surface area contributed by atoms with E-state index in [9.17, 15) is 0 Å². The molecule has 2 heterocycles. The molecule has 3 unspecified atom stereocenters. The van der Waals surface area contributed by atoms with Gasteiger partial charge < -0.3 is 10.1 Å². The van der Waals surface area contributed by atoms with Crippen LogP contribution in [0.3, 0.4) is 0 Å². The largest absolute Gasteiger partial charge is 0.378 e. The average molecular weight is 293 g/mol. The summed E-state index contributed by atoms with van der Waals surface area (Å²) >= 11 is 0. The standard InChI is InChI=1S/C20H23NO/c1-2-14-10-11-18-17(13-14)20-16(9-6-12-22-20)19(21-18)15-7-4-3-5-8-15/h3-5,7-8,10-11,13,16,19-21H,2,6,9,12H2,1H3. The Morgan fingerprint density at radius 2 is 2.00 bits per heavy atom. The van der Waals surface area contributed by atoms with Gasteiger partial charge in [-0.05, 0) is 36.5 Å². The quantitative estimate of drug-likeness (QED) is 0.851. The first kappa shape index (κ1) is 13.8. The summed E-state index contributed by atoms with van der Waals surface area (Å²) in [5, 5.41) is 3.78. The van der Waals surface area contributed by atoms with Crippen molar-refractivity contribution < 1.29 is 4.74 Å². The second-order valence-electron chi connectivity index (χ2n) is 6.41. The average Bonchev–Trinajstić information content (AvgIpc) is 2.61. The molecule has 3 atom stereocenters. The van der Waals surface area contributed by atoms with Crippen molar-refractivity contribution in [1.82, 2.24) is 0 Å². The Morgan fingerprint density at radius 1 is 1.14 bits per heavy atom. The van der Waals surface area contributed by atoms with Crippen molar-refractivity contribution in [2.24, 2.45) is 5.92 Å². The molecule has 0 spiro atoms. The first-order chi connectivity index (χ1) is 10.9. The number of rotatable bonds is 2. The fraction of sp³-hybridized carbons (Fsp3) is 0.400. The Bertz CT molecular complexity index is 652. The lowest BCUT2D eigenvalue weighted by Crippen LogP contribution is -2.36. The summed E-state index contributed by atoms with van der Waals surface area (Å²) in [5.74, 6) is 0.524. The summed E-state index contributed by atoms with van der Waals surface area (Å²) in [6.07, 6.45) is 3.70. The number of nitrogens with one attached hydrogen (secondary N) is 1. The van der Waals surface area contributed by atoms with E-state index in [0.717, 1.165) is 19.4 Å². The number of fused-ring (bicyclic) bond motifs is 3. The van der Waals surface area contributed by atoms with E-state index >= 15 is 0 Å².